The van der Waals surface area contributed by atoms with Crippen molar-refractivity contribution in [2.24, 2.45) is 0 Å². The number of phenolic OH excluding ortho intramolecular Hbond substituents is 1. The van der Waals surface area contributed by atoms with Crippen molar-refractivity contribution in [3.63, 3.8) is 0 Å². The minimum atomic E-state index is -5.05. The number of piperidine rings is 1. The van der Waals surface area contributed by atoms with Gasteiger partial charge >= 0.3 is 6.18 Å². The van der Waals surface area contributed by atoms with Crippen molar-refractivity contribution < 1.29 is 31.5 Å². The topological polar surface area (TPSA) is 98.7 Å². The van der Waals surface area contributed by atoms with E-state index >= 15 is 0 Å². The first-order valence-corrected chi connectivity index (χ1v) is 15.0. The lowest BCUT2D eigenvalue weighted by Gasteiger charge is -2.30. The Morgan fingerprint density at radius 2 is 1.74 bits per heavy atom. The third kappa shape index (κ3) is 7.58. The van der Waals surface area contributed by atoms with Crippen LogP contribution in [0.3, 0.4) is 0 Å². The second kappa shape index (κ2) is 12.2. The summed E-state index contributed by atoms with van der Waals surface area (Å²) in [6.45, 7) is 2.97. The molecule has 3 N–H and O–H groups in total. The lowest BCUT2D eigenvalue weighted by atomic mass is 9.86. The predicted octanol–water partition coefficient (Wildman–Crippen LogP) is 5.48. The summed E-state index contributed by atoms with van der Waals surface area (Å²) in [5, 5.41) is 11.4. The van der Waals surface area contributed by atoms with Crippen LogP contribution in [0, 0.1) is 0 Å². The summed E-state index contributed by atoms with van der Waals surface area (Å²) in [6, 6.07) is 4.44. The highest BCUT2D eigenvalue weighted by Gasteiger charge is 2.44. The maximum Gasteiger partial charge on any atom is 0.405 e. The fraction of sp³-hybridized carbons (Fsp3) is 0.500. The summed E-state index contributed by atoms with van der Waals surface area (Å²) in [7, 11) is -4.78. The number of aryl methyl sites for hydroxylation is 1. The second-order valence-corrected chi connectivity index (χ2v) is 12.6. The van der Waals surface area contributed by atoms with Gasteiger partial charge in [0, 0.05) is 6.54 Å². The van der Waals surface area contributed by atoms with Gasteiger partial charge in [-0.3, -0.25) is 9.69 Å². The zero-order valence-electron chi connectivity index (χ0n) is 21.0. The Hall–Kier alpha value is -2.05. The van der Waals surface area contributed by atoms with Gasteiger partial charge in [0.25, 0.3) is 0 Å². The van der Waals surface area contributed by atoms with E-state index in [0.29, 0.717) is 6.42 Å². The van der Waals surface area contributed by atoms with E-state index in [9.17, 15) is 31.5 Å². The molecule has 7 nitrogen and oxygen atoms in total. The number of carbonyl (C=O) groups is 1. The normalized spacial score (nSPS) is 19.4. The molecule has 0 saturated carbocycles. The largest absolute Gasteiger partial charge is 0.505 e. The van der Waals surface area contributed by atoms with Gasteiger partial charge in [0.05, 0.1) is 27.4 Å². The molecule has 1 fully saturated rings. The maximum absolute atomic E-state index is 13.8. The quantitative estimate of drug-likeness (QED) is 0.369. The molecular formula is C26H30Cl2F3N3O4S. The van der Waals surface area contributed by atoms with Crippen LogP contribution in [0.5, 0.6) is 5.75 Å². The molecule has 0 radical (unpaired) electrons. The molecule has 2 aliphatic rings. The van der Waals surface area contributed by atoms with E-state index in [0.717, 1.165) is 55.7 Å². The number of likely N-dealkylation sites (tertiary alicyclic amines) is 1. The van der Waals surface area contributed by atoms with Gasteiger partial charge in [-0.1, -0.05) is 47.8 Å². The molecular weight excluding hydrogens is 578 g/mol. The number of hydrogen-bond acceptors (Lipinski definition) is 5. The number of hydrogen-bond donors (Lipinski definition) is 3. The highest BCUT2D eigenvalue weighted by molar-refractivity contribution is 7.89. The molecule has 0 aromatic heterocycles. The number of nitrogens with one attached hydrogen (secondary N) is 2. The van der Waals surface area contributed by atoms with Crippen LogP contribution in [0.25, 0.3) is 0 Å². The third-order valence-corrected chi connectivity index (χ3v) is 9.12. The first kappa shape index (κ1) is 29.9. The molecule has 214 valence electrons. The standard InChI is InChI=1S/C26H30Cl2F3N3O4S/c27-20-12-18(13-21(28)25(20)36)39(37,38)33-23(26(29,30)31)14-24(35)32-22-6-4-5-17-11-16(7-8-19(17)22)15-34-9-2-1-3-10-34/h7-8,11-13,22-23,33,36H,1-6,9-10,14-15H2,(H,32,35)/t22-,23-/m1/s1. The van der Waals surface area contributed by atoms with E-state index in [1.165, 1.54) is 29.5 Å². The average Bonchev–Trinajstić information content (AvgIpc) is 2.86. The Balaban J connectivity index is 1.44. The maximum atomic E-state index is 13.8. The molecule has 1 saturated heterocycles. The van der Waals surface area contributed by atoms with Crippen molar-refractivity contribution >= 4 is 39.1 Å². The van der Waals surface area contributed by atoms with E-state index in [1.807, 2.05) is 12.1 Å². The van der Waals surface area contributed by atoms with Crippen molar-refractivity contribution in [1.82, 2.24) is 14.9 Å². The molecule has 0 unspecified atom stereocenters. The Morgan fingerprint density at radius 1 is 1.08 bits per heavy atom. The van der Waals surface area contributed by atoms with Crippen LogP contribution in [0.2, 0.25) is 10.0 Å². The molecule has 2 aromatic carbocycles. The van der Waals surface area contributed by atoms with Crippen molar-refractivity contribution in [1.29, 1.82) is 0 Å². The van der Waals surface area contributed by atoms with E-state index in [1.54, 1.807) is 0 Å². The fourth-order valence-corrected chi connectivity index (χ4v) is 7.00. The zero-order valence-corrected chi connectivity index (χ0v) is 23.4. The summed E-state index contributed by atoms with van der Waals surface area (Å²) in [5.74, 6) is -1.53. The van der Waals surface area contributed by atoms with Crippen molar-refractivity contribution in [2.75, 3.05) is 13.1 Å². The number of carbonyl (C=O) groups excluding carboxylic acids is 1. The lowest BCUT2D eigenvalue weighted by Crippen LogP contribution is -2.48. The van der Waals surface area contributed by atoms with Gasteiger partial charge in [-0.2, -0.15) is 17.9 Å². The Kier molecular flexibility index (Phi) is 9.37. The Labute approximate surface area is 235 Å². The van der Waals surface area contributed by atoms with Gasteiger partial charge in [0.2, 0.25) is 15.9 Å². The average molecular weight is 609 g/mol. The number of fused-ring (bicyclic) bond motifs is 1. The summed E-state index contributed by atoms with van der Waals surface area (Å²) in [5.41, 5.74) is 3.10. The van der Waals surface area contributed by atoms with Gasteiger partial charge in [0.1, 0.15) is 6.04 Å². The molecule has 4 rings (SSSR count). The van der Waals surface area contributed by atoms with Gasteiger partial charge in [-0.15, -0.1) is 0 Å². The number of phenols is 1. The molecule has 2 aromatic rings. The van der Waals surface area contributed by atoms with Gasteiger partial charge in [-0.25, -0.2) is 8.42 Å². The Bertz CT molecular complexity index is 1300. The first-order valence-electron chi connectivity index (χ1n) is 12.7. The molecule has 1 aliphatic heterocycles. The number of nitrogens with zero attached hydrogens (tertiary/aromatic N) is 1. The number of halogens is 5. The second-order valence-electron chi connectivity index (χ2n) is 10.0. The number of benzene rings is 2. The summed E-state index contributed by atoms with van der Waals surface area (Å²) >= 11 is 11.5. The molecule has 1 aliphatic carbocycles. The van der Waals surface area contributed by atoms with E-state index in [2.05, 4.69) is 16.3 Å². The minimum Gasteiger partial charge on any atom is -0.505 e. The van der Waals surface area contributed by atoms with Crippen LogP contribution in [0.4, 0.5) is 13.2 Å². The van der Waals surface area contributed by atoms with Gasteiger partial charge in [-0.05, 0) is 74.0 Å². The van der Waals surface area contributed by atoms with Crippen molar-refractivity contribution in [3.8, 4) is 5.75 Å². The van der Waals surface area contributed by atoms with Crippen molar-refractivity contribution in [3.05, 3.63) is 57.1 Å². The molecule has 0 bridgehead atoms. The third-order valence-electron chi connectivity index (χ3n) is 7.09. The highest BCUT2D eigenvalue weighted by Crippen LogP contribution is 2.35. The number of alkyl halides is 3. The SMILES string of the molecule is O=C(C[C@@H](NS(=O)(=O)c1cc(Cl)c(O)c(Cl)c1)C(F)(F)F)N[C@@H]1CCCc2cc(CN3CCCCC3)ccc21. The molecule has 39 heavy (non-hydrogen) atoms. The number of rotatable bonds is 8. The molecule has 13 heteroatoms. The van der Waals surface area contributed by atoms with Crippen LogP contribution >= 0.6 is 23.2 Å². The van der Waals surface area contributed by atoms with E-state index in [4.69, 9.17) is 23.2 Å². The smallest absolute Gasteiger partial charge is 0.405 e. The van der Waals surface area contributed by atoms with Gasteiger partial charge < -0.3 is 10.4 Å². The van der Waals surface area contributed by atoms with Crippen LogP contribution in [0.1, 0.15) is 61.3 Å². The number of amides is 1. The molecule has 2 atom stereocenters. The first-order chi connectivity index (χ1) is 18.3. The van der Waals surface area contributed by atoms with E-state index < -0.39 is 61.3 Å². The zero-order chi connectivity index (χ0) is 28.4. The minimum absolute atomic E-state index is 0.445. The summed E-state index contributed by atoms with van der Waals surface area (Å²) in [4.78, 5) is 14.5. The molecule has 0 spiro atoms. The van der Waals surface area contributed by atoms with Crippen LogP contribution in [-0.4, -0.2) is 49.6 Å². The van der Waals surface area contributed by atoms with Crippen molar-refractivity contribution in [2.45, 2.75) is 74.6 Å². The molecule has 1 amide bonds. The monoisotopic (exact) mass is 607 g/mol. The summed E-state index contributed by atoms with van der Waals surface area (Å²) < 4.78 is 68.3. The highest BCUT2D eigenvalue weighted by atomic mass is 35.5. The molecule has 1 heterocycles. The summed E-state index contributed by atoms with van der Waals surface area (Å²) in [6.07, 6.45) is -0.435. The van der Waals surface area contributed by atoms with Crippen LogP contribution in [0.15, 0.2) is 35.2 Å². The van der Waals surface area contributed by atoms with Crippen LogP contribution in [-0.2, 0) is 27.8 Å². The van der Waals surface area contributed by atoms with Gasteiger partial charge in [0.15, 0.2) is 5.75 Å². The van der Waals surface area contributed by atoms with E-state index in [-0.39, 0.29) is 0 Å². The lowest BCUT2D eigenvalue weighted by molar-refractivity contribution is -0.158. The van der Waals surface area contributed by atoms with Crippen LogP contribution < -0.4 is 10.0 Å². The number of sulfonamides is 1. The predicted molar refractivity (Wildman–Crippen MR) is 142 cm³/mol. The number of aromatic hydroxyl groups is 1. The Morgan fingerprint density at radius 3 is 2.38 bits per heavy atom. The fourth-order valence-electron chi connectivity index (χ4n) is 5.11.